The average Bonchev–Trinajstić information content (AvgIpc) is 2.34. The van der Waals surface area contributed by atoms with Crippen LogP contribution in [0.25, 0.3) is 0 Å². The molecule has 1 heterocycles. The van der Waals surface area contributed by atoms with Gasteiger partial charge in [0.1, 0.15) is 0 Å². The van der Waals surface area contributed by atoms with Gasteiger partial charge in [-0.1, -0.05) is 0 Å². The maximum Gasteiger partial charge on any atom is 0.432 e. The van der Waals surface area contributed by atoms with Crippen molar-refractivity contribution in [1.29, 1.82) is 0 Å². The summed E-state index contributed by atoms with van der Waals surface area (Å²) >= 11 is 0. The van der Waals surface area contributed by atoms with Crippen LogP contribution in [0.5, 0.6) is 0 Å². The first-order valence-corrected chi connectivity index (χ1v) is 4.35. The van der Waals surface area contributed by atoms with E-state index in [1.54, 1.807) is 13.8 Å². The second kappa shape index (κ2) is 4.08. The Hall–Kier alpha value is -1.59. The topological polar surface area (TPSA) is 75.7 Å². The average molecular weight is 200 g/mol. The molecule has 1 saturated heterocycles. The molecule has 0 unspecified atom stereocenters. The third-order valence-electron chi connectivity index (χ3n) is 1.59. The van der Waals surface area contributed by atoms with Gasteiger partial charge in [-0.25, -0.2) is 4.79 Å². The van der Waals surface area contributed by atoms with Crippen molar-refractivity contribution in [2.24, 2.45) is 0 Å². The van der Waals surface area contributed by atoms with E-state index >= 15 is 0 Å². The Morgan fingerprint density at radius 1 is 1.36 bits per heavy atom. The Labute approximate surface area is 81.1 Å². The molecule has 3 amide bonds. The van der Waals surface area contributed by atoms with E-state index in [1.807, 2.05) is 0 Å². The van der Waals surface area contributed by atoms with Crippen LogP contribution in [-0.2, 0) is 14.4 Å². The van der Waals surface area contributed by atoms with Crippen LogP contribution in [0.1, 0.15) is 26.7 Å². The molecule has 0 spiro atoms. The maximum absolute atomic E-state index is 11.0. The molecule has 0 radical (unpaired) electrons. The van der Waals surface area contributed by atoms with Crippen LogP contribution in [0.2, 0.25) is 0 Å². The number of amides is 3. The van der Waals surface area contributed by atoms with Gasteiger partial charge >= 0.3 is 6.09 Å². The molecule has 1 fully saturated rings. The molecule has 6 nitrogen and oxygen atoms in total. The summed E-state index contributed by atoms with van der Waals surface area (Å²) in [6.07, 6.45) is -0.578. The molecule has 78 valence electrons. The zero-order chi connectivity index (χ0) is 10.7. The van der Waals surface area contributed by atoms with Crippen molar-refractivity contribution >= 4 is 17.9 Å². The summed E-state index contributed by atoms with van der Waals surface area (Å²) in [6.45, 7) is 3.49. The first-order chi connectivity index (χ1) is 6.50. The van der Waals surface area contributed by atoms with Gasteiger partial charge in [-0.2, -0.15) is 0 Å². The number of rotatable bonds is 2. The van der Waals surface area contributed by atoms with E-state index in [0.717, 1.165) is 0 Å². The summed E-state index contributed by atoms with van der Waals surface area (Å²) in [5.74, 6) is -0.956. The molecular formula is C8H12N2O4. The summed E-state index contributed by atoms with van der Waals surface area (Å²) in [5.41, 5.74) is 0. The van der Waals surface area contributed by atoms with Crippen LogP contribution in [0.3, 0.4) is 0 Å². The molecule has 0 atom stereocenters. The highest BCUT2D eigenvalue weighted by atomic mass is 16.7. The molecular weight excluding hydrogens is 188 g/mol. The predicted molar refractivity (Wildman–Crippen MR) is 45.8 cm³/mol. The van der Waals surface area contributed by atoms with Crippen molar-refractivity contribution in [3.63, 3.8) is 0 Å². The number of hydroxylamine groups is 2. The zero-order valence-corrected chi connectivity index (χ0v) is 8.07. The summed E-state index contributed by atoms with van der Waals surface area (Å²) in [6, 6.07) is -0.102. The highest BCUT2D eigenvalue weighted by molar-refractivity contribution is 6.01. The van der Waals surface area contributed by atoms with E-state index in [2.05, 4.69) is 10.2 Å². The van der Waals surface area contributed by atoms with E-state index in [0.29, 0.717) is 5.06 Å². The zero-order valence-electron chi connectivity index (χ0n) is 8.07. The maximum atomic E-state index is 11.0. The summed E-state index contributed by atoms with van der Waals surface area (Å²) < 4.78 is 0. The van der Waals surface area contributed by atoms with Crippen LogP contribution in [0.4, 0.5) is 4.79 Å². The van der Waals surface area contributed by atoms with Crippen LogP contribution in [0, 0.1) is 0 Å². The fraction of sp³-hybridized carbons (Fsp3) is 0.625. The Morgan fingerprint density at radius 2 is 1.86 bits per heavy atom. The van der Waals surface area contributed by atoms with Crippen LogP contribution in [-0.4, -0.2) is 29.0 Å². The quantitative estimate of drug-likeness (QED) is 0.645. The fourth-order valence-electron chi connectivity index (χ4n) is 1.00. The smallest absolute Gasteiger partial charge is 0.317 e. The van der Waals surface area contributed by atoms with E-state index in [1.165, 1.54) is 0 Å². The van der Waals surface area contributed by atoms with E-state index in [4.69, 9.17) is 0 Å². The SMILES string of the molecule is CC(C)NC(=O)ON1C(=O)CCC1=O. The minimum absolute atomic E-state index is 0.102. The van der Waals surface area contributed by atoms with Gasteiger partial charge in [-0.05, 0) is 13.8 Å². The van der Waals surface area contributed by atoms with E-state index < -0.39 is 17.9 Å². The first kappa shape index (κ1) is 10.5. The Morgan fingerprint density at radius 3 is 2.29 bits per heavy atom. The number of hydrogen-bond donors (Lipinski definition) is 1. The highest BCUT2D eigenvalue weighted by Gasteiger charge is 2.32. The molecule has 1 rings (SSSR count). The number of carbonyl (C=O) groups excluding carboxylic acids is 3. The number of nitrogens with one attached hydrogen (secondary N) is 1. The highest BCUT2D eigenvalue weighted by Crippen LogP contribution is 2.11. The van der Waals surface area contributed by atoms with Crippen molar-refractivity contribution in [2.75, 3.05) is 0 Å². The lowest BCUT2D eigenvalue weighted by molar-refractivity contribution is -0.171. The summed E-state index contributed by atoms with van der Waals surface area (Å²) in [7, 11) is 0. The monoisotopic (exact) mass is 200 g/mol. The third kappa shape index (κ3) is 2.45. The minimum Gasteiger partial charge on any atom is -0.317 e. The van der Waals surface area contributed by atoms with Crippen molar-refractivity contribution < 1.29 is 19.2 Å². The normalized spacial score (nSPS) is 16.4. The van der Waals surface area contributed by atoms with Crippen LogP contribution in [0.15, 0.2) is 0 Å². The van der Waals surface area contributed by atoms with Crippen molar-refractivity contribution in [3.05, 3.63) is 0 Å². The molecule has 14 heavy (non-hydrogen) atoms. The van der Waals surface area contributed by atoms with Crippen molar-refractivity contribution in [3.8, 4) is 0 Å². The van der Waals surface area contributed by atoms with Gasteiger partial charge in [0.05, 0.1) is 0 Å². The lowest BCUT2D eigenvalue weighted by Gasteiger charge is -2.14. The molecule has 0 aromatic carbocycles. The van der Waals surface area contributed by atoms with Gasteiger partial charge in [-0.15, -0.1) is 5.06 Å². The number of imide groups is 1. The van der Waals surface area contributed by atoms with Gasteiger partial charge in [0.2, 0.25) is 0 Å². The number of nitrogens with zero attached hydrogens (tertiary/aromatic N) is 1. The Balaban J connectivity index is 2.47. The van der Waals surface area contributed by atoms with Crippen molar-refractivity contribution in [1.82, 2.24) is 10.4 Å². The third-order valence-corrected chi connectivity index (χ3v) is 1.59. The van der Waals surface area contributed by atoms with Gasteiger partial charge in [0.15, 0.2) is 0 Å². The molecule has 0 saturated carbocycles. The second-order valence-electron chi connectivity index (χ2n) is 3.26. The standard InChI is InChI=1S/C8H12N2O4/c1-5(2)9-8(13)14-10-6(11)3-4-7(10)12/h5H,3-4H2,1-2H3,(H,9,13). The van der Waals surface area contributed by atoms with E-state index in [-0.39, 0.29) is 18.9 Å². The molecule has 0 aliphatic carbocycles. The lowest BCUT2D eigenvalue weighted by Crippen LogP contribution is -2.39. The summed E-state index contributed by atoms with van der Waals surface area (Å²) in [4.78, 5) is 37.6. The Bertz CT molecular complexity index is 259. The van der Waals surface area contributed by atoms with Gasteiger partial charge < -0.3 is 10.2 Å². The Kier molecular flexibility index (Phi) is 3.06. The summed E-state index contributed by atoms with van der Waals surface area (Å²) in [5, 5.41) is 2.92. The van der Waals surface area contributed by atoms with E-state index in [9.17, 15) is 14.4 Å². The fourth-order valence-corrected chi connectivity index (χ4v) is 1.00. The van der Waals surface area contributed by atoms with Gasteiger partial charge in [0, 0.05) is 18.9 Å². The molecule has 1 N–H and O–H groups in total. The molecule has 1 aliphatic heterocycles. The lowest BCUT2D eigenvalue weighted by atomic mass is 10.4. The molecule has 6 heteroatoms. The van der Waals surface area contributed by atoms with Gasteiger partial charge in [-0.3, -0.25) is 9.59 Å². The number of carbonyl (C=O) groups is 3. The first-order valence-electron chi connectivity index (χ1n) is 4.35. The van der Waals surface area contributed by atoms with Crippen LogP contribution >= 0.6 is 0 Å². The largest absolute Gasteiger partial charge is 0.432 e. The predicted octanol–water partition coefficient (Wildman–Crippen LogP) is 0.185. The number of hydrogen-bond acceptors (Lipinski definition) is 4. The molecule has 1 aliphatic rings. The molecule has 0 bridgehead atoms. The minimum atomic E-state index is -0.788. The van der Waals surface area contributed by atoms with Gasteiger partial charge in [0.25, 0.3) is 11.8 Å². The second-order valence-corrected chi connectivity index (χ2v) is 3.26. The van der Waals surface area contributed by atoms with Crippen molar-refractivity contribution in [2.45, 2.75) is 32.7 Å². The molecule has 0 aromatic heterocycles. The van der Waals surface area contributed by atoms with Crippen LogP contribution < -0.4 is 5.32 Å². The molecule has 0 aromatic rings.